The third-order valence-electron chi connectivity index (χ3n) is 6.22. The molecule has 0 unspecified atom stereocenters. The summed E-state index contributed by atoms with van der Waals surface area (Å²) in [6, 6.07) is 15.7. The van der Waals surface area contributed by atoms with Gasteiger partial charge >= 0.3 is 0 Å². The van der Waals surface area contributed by atoms with Crippen LogP contribution >= 0.6 is 23.4 Å². The van der Waals surface area contributed by atoms with Crippen LogP contribution in [0.15, 0.2) is 48.5 Å². The third kappa shape index (κ3) is 8.08. The Labute approximate surface area is 207 Å². The van der Waals surface area contributed by atoms with E-state index in [1.807, 2.05) is 50.2 Å². The molecule has 1 atom stereocenters. The van der Waals surface area contributed by atoms with Gasteiger partial charge in [0.2, 0.25) is 11.8 Å². The number of carbonyl (C=O) groups is 2. The van der Waals surface area contributed by atoms with E-state index in [2.05, 4.69) is 17.4 Å². The maximum atomic E-state index is 13.4. The van der Waals surface area contributed by atoms with Crippen LogP contribution in [0.1, 0.15) is 62.1 Å². The highest BCUT2D eigenvalue weighted by Gasteiger charge is 2.30. The van der Waals surface area contributed by atoms with Gasteiger partial charge in [-0.15, -0.1) is 11.8 Å². The summed E-state index contributed by atoms with van der Waals surface area (Å²) in [6.07, 6.45) is 6.23. The summed E-state index contributed by atoms with van der Waals surface area (Å²) < 4.78 is 0. The first-order valence-corrected chi connectivity index (χ1v) is 13.5. The minimum absolute atomic E-state index is 0.000169. The molecule has 0 spiro atoms. The zero-order valence-corrected chi connectivity index (χ0v) is 21.3. The van der Waals surface area contributed by atoms with Crippen molar-refractivity contribution in [3.8, 4) is 0 Å². The topological polar surface area (TPSA) is 49.4 Å². The molecular weight excluding hydrogens is 452 g/mol. The molecule has 178 valence electrons. The van der Waals surface area contributed by atoms with Gasteiger partial charge in [0.15, 0.2) is 0 Å². The summed E-state index contributed by atoms with van der Waals surface area (Å²) in [5.41, 5.74) is 3.35. The van der Waals surface area contributed by atoms with Gasteiger partial charge in [-0.1, -0.05) is 79.7 Å². The Morgan fingerprint density at radius 2 is 1.67 bits per heavy atom. The Kier molecular flexibility index (Phi) is 10.1. The quantitative estimate of drug-likeness (QED) is 0.439. The molecule has 0 heterocycles. The summed E-state index contributed by atoms with van der Waals surface area (Å²) in [6.45, 7) is 4.48. The van der Waals surface area contributed by atoms with Gasteiger partial charge in [-0.25, -0.2) is 0 Å². The second-order valence-electron chi connectivity index (χ2n) is 8.89. The maximum Gasteiger partial charge on any atom is 0.243 e. The van der Waals surface area contributed by atoms with E-state index in [1.54, 1.807) is 16.7 Å². The number of hydrogen-bond donors (Lipinski definition) is 1. The van der Waals surface area contributed by atoms with Crippen LogP contribution in [0.2, 0.25) is 5.02 Å². The van der Waals surface area contributed by atoms with E-state index >= 15 is 0 Å². The number of halogens is 1. The monoisotopic (exact) mass is 486 g/mol. The van der Waals surface area contributed by atoms with Crippen molar-refractivity contribution in [3.05, 3.63) is 70.2 Å². The summed E-state index contributed by atoms with van der Waals surface area (Å²) in [4.78, 5) is 28.4. The molecule has 0 saturated heterocycles. The molecule has 0 aliphatic heterocycles. The normalized spacial score (nSPS) is 15.1. The summed E-state index contributed by atoms with van der Waals surface area (Å²) in [7, 11) is 0. The van der Waals surface area contributed by atoms with Crippen molar-refractivity contribution in [2.75, 3.05) is 5.75 Å². The van der Waals surface area contributed by atoms with Crippen molar-refractivity contribution in [2.45, 2.75) is 76.8 Å². The first kappa shape index (κ1) is 25.6. The van der Waals surface area contributed by atoms with Crippen LogP contribution in [0.5, 0.6) is 0 Å². The Hall–Kier alpha value is -1.98. The van der Waals surface area contributed by atoms with Gasteiger partial charge in [-0.2, -0.15) is 0 Å². The molecule has 2 amide bonds. The molecule has 4 nitrogen and oxygen atoms in total. The van der Waals surface area contributed by atoms with Crippen LogP contribution in [0, 0.1) is 6.92 Å². The lowest BCUT2D eigenvalue weighted by Gasteiger charge is -2.32. The van der Waals surface area contributed by atoms with E-state index in [0.717, 1.165) is 42.6 Å². The zero-order valence-electron chi connectivity index (χ0n) is 19.7. The summed E-state index contributed by atoms with van der Waals surface area (Å²) >= 11 is 7.54. The second-order valence-corrected chi connectivity index (χ2v) is 10.3. The lowest BCUT2D eigenvalue weighted by molar-refractivity contribution is -0.139. The van der Waals surface area contributed by atoms with Gasteiger partial charge in [-0.3, -0.25) is 9.59 Å². The van der Waals surface area contributed by atoms with E-state index in [0.29, 0.717) is 23.7 Å². The van der Waals surface area contributed by atoms with E-state index in [-0.39, 0.29) is 17.9 Å². The van der Waals surface area contributed by atoms with Gasteiger partial charge in [0, 0.05) is 23.4 Å². The number of aryl methyl sites for hydroxylation is 1. The molecule has 3 rings (SSSR count). The molecule has 2 aromatic rings. The van der Waals surface area contributed by atoms with Gasteiger partial charge < -0.3 is 10.2 Å². The molecule has 1 aliphatic carbocycles. The zero-order chi connectivity index (χ0) is 23.6. The first-order valence-electron chi connectivity index (χ1n) is 11.9. The fourth-order valence-electron chi connectivity index (χ4n) is 4.27. The number of carbonyl (C=O) groups excluding carboxylic acids is 2. The second kappa shape index (κ2) is 13.0. The molecule has 0 radical (unpaired) electrons. The van der Waals surface area contributed by atoms with Gasteiger partial charge in [0.1, 0.15) is 6.04 Å². The fourth-order valence-corrected chi connectivity index (χ4v) is 5.27. The van der Waals surface area contributed by atoms with E-state index in [9.17, 15) is 9.59 Å². The summed E-state index contributed by atoms with van der Waals surface area (Å²) in [5, 5.41) is 3.94. The Bertz CT molecular complexity index is 895. The molecule has 1 N–H and O–H groups in total. The van der Waals surface area contributed by atoms with Crippen LogP contribution in [0.25, 0.3) is 0 Å². The van der Waals surface area contributed by atoms with E-state index < -0.39 is 6.04 Å². The Morgan fingerprint density at radius 1 is 1.03 bits per heavy atom. The number of nitrogens with one attached hydrogen (secondary N) is 1. The Balaban J connectivity index is 1.68. The van der Waals surface area contributed by atoms with Crippen LogP contribution in [-0.2, 0) is 21.9 Å². The van der Waals surface area contributed by atoms with Crippen molar-refractivity contribution < 1.29 is 9.59 Å². The van der Waals surface area contributed by atoms with Crippen LogP contribution < -0.4 is 5.32 Å². The molecular formula is C27H35ClN2O2S. The molecule has 0 aromatic heterocycles. The molecule has 33 heavy (non-hydrogen) atoms. The highest BCUT2D eigenvalue weighted by Crippen LogP contribution is 2.21. The van der Waals surface area contributed by atoms with Crippen LogP contribution in [-0.4, -0.2) is 34.6 Å². The highest BCUT2D eigenvalue weighted by molar-refractivity contribution is 7.99. The van der Waals surface area contributed by atoms with E-state index in [4.69, 9.17) is 11.6 Å². The SMILES string of the molecule is CC[C@H](C(=O)NC1CCCCC1)N(Cc1ccc(C)cc1)C(=O)CSCc1ccc(Cl)cc1. The standard InChI is InChI=1S/C27H35ClN2O2S/c1-3-25(27(32)29-24-7-5-4-6-8-24)30(17-21-11-9-20(2)10-12-21)26(31)19-33-18-22-13-15-23(28)16-14-22/h9-16,24-25H,3-8,17-19H2,1-2H3,(H,29,32)/t25-/m1/s1. The predicted octanol–water partition coefficient (Wildman–Crippen LogP) is 6.14. The number of nitrogens with zero attached hydrogens (tertiary/aromatic N) is 1. The smallest absolute Gasteiger partial charge is 0.243 e. The van der Waals surface area contributed by atoms with Crippen molar-refractivity contribution >= 4 is 35.2 Å². The van der Waals surface area contributed by atoms with Crippen molar-refractivity contribution in [2.24, 2.45) is 0 Å². The third-order valence-corrected chi connectivity index (χ3v) is 7.46. The highest BCUT2D eigenvalue weighted by atomic mass is 35.5. The van der Waals surface area contributed by atoms with Gasteiger partial charge in [-0.05, 0) is 49.4 Å². The average molecular weight is 487 g/mol. The van der Waals surface area contributed by atoms with Crippen molar-refractivity contribution in [3.63, 3.8) is 0 Å². The van der Waals surface area contributed by atoms with Gasteiger partial charge in [0.25, 0.3) is 0 Å². The van der Waals surface area contributed by atoms with Crippen LogP contribution in [0.4, 0.5) is 0 Å². The van der Waals surface area contributed by atoms with Crippen molar-refractivity contribution in [1.29, 1.82) is 0 Å². The fraction of sp³-hybridized carbons (Fsp3) is 0.481. The lowest BCUT2D eigenvalue weighted by Crippen LogP contribution is -2.52. The number of hydrogen-bond acceptors (Lipinski definition) is 3. The number of benzene rings is 2. The molecule has 0 bridgehead atoms. The average Bonchev–Trinajstić information content (AvgIpc) is 2.82. The maximum absolute atomic E-state index is 13.4. The predicted molar refractivity (Wildman–Crippen MR) is 138 cm³/mol. The van der Waals surface area contributed by atoms with E-state index in [1.165, 1.54) is 12.0 Å². The molecule has 1 aliphatic rings. The molecule has 2 aromatic carbocycles. The Morgan fingerprint density at radius 3 is 2.30 bits per heavy atom. The van der Waals surface area contributed by atoms with Crippen LogP contribution in [0.3, 0.4) is 0 Å². The van der Waals surface area contributed by atoms with Crippen molar-refractivity contribution in [1.82, 2.24) is 10.2 Å². The minimum atomic E-state index is -0.461. The number of amides is 2. The first-order chi connectivity index (χ1) is 16.0. The number of rotatable bonds is 10. The molecule has 1 fully saturated rings. The largest absolute Gasteiger partial charge is 0.352 e. The molecule has 1 saturated carbocycles. The lowest BCUT2D eigenvalue weighted by atomic mass is 9.95. The summed E-state index contributed by atoms with van der Waals surface area (Å²) in [5.74, 6) is 1.04. The van der Waals surface area contributed by atoms with Gasteiger partial charge in [0.05, 0.1) is 5.75 Å². The minimum Gasteiger partial charge on any atom is -0.352 e. The number of thioether (sulfide) groups is 1. The molecule has 6 heteroatoms.